The van der Waals surface area contributed by atoms with E-state index in [0.717, 1.165) is 22.6 Å². The zero-order valence-electron chi connectivity index (χ0n) is 9.80. The zero-order valence-corrected chi connectivity index (χ0v) is 12.0. The monoisotopic (exact) mass is 322 g/mol. The summed E-state index contributed by atoms with van der Waals surface area (Å²) >= 11 is 2.18. The molecule has 1 N–H and O–H groups in total. The highest BCUT2D eigenvalue weighted by Gasteiger charge is 2.19. The van der Waals surface area contributed by atoms with Crippen LogP contribution in [0.5, 0.6) is 0 Å². The summed E-state index contributed by atoms with van der Waals surface area (Å²) < 4.78 is 6.41. The van der Waals surface area contributed by atoms with Crippen LogP contribution in [-0.4, -0.2) is 31.1 Å². The molecule has 0 unspecified atom stereocenters. The number of hydrogen-bond acceptors (Lipinski definition) is 3. The van der Waals surface area contributed by atoms with Crippen LogP contribution < -0.4 is 5.32 Å². The zero-order chi connectivity index (χ0) is 11.5. The molecular weight excluding hydrogens is 303 g/mol. The van der Waals surface area contributed by atoms with E-state index < -0.39 is 0 Å². The van der Waals surface area contributed by atoms with Gasteiger partial charge in [-0.15, -0.1) is 0 Å². The van der Waals surface area contributed by atoms with Gasteiger partial charge in [0.05, 0.1) is 6.54 Å². The van der Waals surface area contributed by atoms with Gasteiger partial charge in [0.2, 0.25) is 0 Å². The fraction of sp³-hybridized carbons (Fsp3) is 0.636. The molecule has 1 rings (SSSR count). The topological polar surface area (TPSA) is 28.4 Å². The number of furan rings is 1. The lowest BCUT2D eigenvalue weighted by molar-refractivity contribution is 0.188. The average molecular weight is 322 g/mol. The minimum absolute atomic E-state index is 0.166. The van der Waals surface area contributed by atoms with Crippen LogP contribution in [0.3, 0.4) is 0 Å². The Kier molecular flexibility index (Phi) is 4.61. The van der Waals surface area contributed by atoms with E-state index in [9.17, 15) is 0 Å². The number of nitrogens with zero attached hydrogens (tertiary/aromatic N) is 1. The Morgan fingerprint density at radius 3 is 2.53 bits per heavy atom. The Morgan fingerprint density at radius 2 is 2.07 bits per heavy atom. The molecule has 0 bridgehead atoms. The van der Waals surface area contributed by atoms with Gasteiger partial charge in [0.1, 0.15) is 5.76 Å². The molecule has 86 valence electrons. The summed E-state index contributed by atoms with van der Waals surface area (Å²) in [4.78, 5) is 2.21. The van der Waals surface area contributed by atoms with Gasteiger partial charge >= 0.3 is 0 Å². The van der Waals surface area contributed by atoms with Gasteiger partial charge in [0.25, 0.3) is 0 Å². The third-order valence-electron chi connectivity index (χ3n) is 2.70. The standard InChI is InChI=1S/C11H19IN2O/c1-11(2,14(3)4)8-13-7-9-5-6-10(12)15-9/h5-6,13H,7-8H2,1-4H3. The van der Waals surface area contributed by atoms with Crippen LogP contribution in [0.15, 0.2) is 16.5 Å². The number of nitrogens with one attached hydrogen (secondary N) is 1. The predicted octanol–water partition coefficient (Wildman–Crippen LogP) is 2.31. The van der Waals surface area contributed by atoms with E-state index in [1.54, 1.807) is 0 Å². The maximum Gasteiger partial charge on any atom is 0.164 e. The van der Waals surface area contributed by atoms with E-state index in [1.165, 1.54) is 0 Å². The Balaban J connectivity index is 2.33. The number of likely N-dealkylation sites (N-methyl/N-ethyl adjacent to an activating group) is 1. The molecule has 0 radical (unpaired) electrons. The first-order chi connectivity index (χ1) is 6.92. The van der Waals surface area contributed by atoms with E-state index in [0.29, 0.717) is 0 Å². The van der Waals surface area contributed by atoms with Crippen molar-refractivity contribution in [1.82, 2.24) is 10.2 Å². The molecule has 0 aliphatic heterocycles. The van der Waals surface area contributed by atoms with E-state index in [2.05, 4.69) is 60.8 Å². The highest BCUT2D eigenvalue weighted by molar-refractivity contribution is 14.1. The Labute approximate surface area is 105 Å². The van der Waals surface area contributed by atoms with Crippen molar-refractivity contribution in [2.24, 2.45) is 0 Å². The van der Waals surface area contributed by atoms with E-state index in [4.69, 9.17) is 4.42 Å². The fourth-order valence-electron chi connectivity index (χ4n) is 1.10. The van der Waals surface area contributed by atoms with Crippen molar-refractivity contribution in [2.45, 2.75) is 25.9 Å². The SMILES string of the molecule is CN(C)C(C)(C)CNCc1ccc(I)o1. The summed E-state index contributed by atoms with van der Waals surface area (Å²) in [7, 11) is 4.19. The fourth-order valence-corrected chi connectivity index (χ4v) is 1.56. The first-order valence-electron chi connectivity index (χ1n) is 5.04. The van der Waals surface area contributed by atoms with Crippen molar-refractivity contribution in [3.63, 3.8) is 0 Å². The lowest BCUT2D eigenvalue weighted by atomic mass is 10.0. The molecule has 0 aromatic carbocycles. The summed E-state index contributed by atoms with van der Waals surface area (Å²) in [5.74, 6) is 0.994. The minimum Gasteiger partial charge on any atom is -0.454 e. The van der Waals surface area contributed by atoms with Gasteiger partial charge < -0.3 is 14.6 Å². The summed E-state index contributed by atoms with van der Waals surface area (Å²) in [6.07, 6.45) is 0. The Hall–Kier alpha value is -0.0700. The minimum atomic E-state index is 0.166. The van der Waals surface area contributed by atoms with Crippen molar-refractivity contribution in [1.29, 1.82) is 0 Å². The third-order valence-corrected chi connectivity index (χ3v) is 3.28. The first-order valence-corrected chi connectivity index (χ1v) is 6.12. The first kappa shape index (κ1) is 13.0. The van der Waals surface area contributed by atoms with Crippen LogP contribution in [0, 0.1) is 3.77 Å². The molecule has 0 saturated heterocycles. The Morgan fingerprint density at radius 1 is 1.40 bits per heavy atom. The van der Waals surface area contributed by atoms with Crippen LogP contribution in [0.1, 0.15) is 19.6 Å². The second kappa shape index (κ2) is 5.32. The van der Waals surface area contributed by atoms with Crippen LogP contribution in [0.25, 0.3) is 0 Å². The average Bonchev–Trinajstić information content (AvgIpc) is 2.51. The Bertz CT molecular complexity index is 307. The molecule has 0 aliphatic rings. The molecule has 0 fully saturated rings. The lowest BCUT2D eigenvalue weighted by Crippen LogP contribution is -2.46. The maximum atomic E-state index is 5.47. The predicted molar refractivity (Wildman–Crippen MR) is 70.9 cm³/mol. The van der Waals surface area contributed by atoms with Gasteiger partial charge in [0, 0.05) is 12.1 Å². The van der Waals surface area contributed by atoms with E-state index in [1.807, 2.05) is 12.1 Å². The molecule has 0 spiro atoms. The normalized spacial score (nSPS) is 12.4. The molecule has 0 aliphatic carbocycles. The molecule has 1 aromatic rings. The summed E-state index contributed by atoms with van der Waals surface area (Å²) in [6, 6.07) is 3.99. The lowest BCUT2D eigenvalue weighted by Gasteiger charge is -2.32. The molecule has 1 aromatic heterocycles. The molecule has 0 atom stereocenters. The van der Waals surface area contributed by atoms with Crippen LogP contribution >= 0.6 is 22.6 Å². The quantitative estimate of drug-likeness (QED) is 0.844. The van der Waals surface area contributed by atoms with E-state index in [-0.39, 0.29) is 5.54 Å². The number of hydrogen-bond donors (Lipinski definition) is 1. The van der Waals surface area contributed by atoms with Crippen molar-refractivity contribution < 1.29 is 4.42 Å². The van der Waals surface area contributed by atoms with Gasteiger partial charge in [-0.1, -0.05) is 0 Å². The molecule has 0 saturated carbocycles. The molecule has 3 nitrogen and oxygen atoms in total. The largest absolute Gasteiger partial charge is 0.454 e. The number of halogens is 1. The van der Waals surface area contributed by atoms with Crippen molar-refractivity contribution in [2.75, 3.05) is 20.6 Å². The number of rotatable bonds is 5. The molecule has 1 heterocycles. The van der Waals surface area contributed by atoms with Crippen molar-refractivity contribution in [3.05, 3.63) is 21.7 Å². The van der Waals surface area contributed by atoms with Crippen molar-refractivity contribution in [3.8, 4) is 0 Å². The van der Waals surface area contributed by atoms with Gasteiger partial charge in [-0.3, -0.25) is 0 Å². The molecular formula is C11H19IN2O. The van der Waals surface area contributed by atoms with Crippen LogP contribution in [0.2, 0.25) is 0 Å². The third kappa shape index (κ3) is 4.12. The molecule has 0 amide bonds. The smallest absolute Gasteiger partial charge is 0.164 e. The van der Waals surface area contributed by atoms with Gasteiger partial charge in [-0.05, 0) is 62.7 Å². The van der Waals surface area contributed by atoms with Crippen LogP contribution in [-0.2, 0) is 6.54 Å². The van der Waals surface area contributed by atoms with Crippen LogP contribution in [0.4, 0.5) is 0 Å². The highest BCUT2D eigenvalue weighted by atomic mass is 127. The van der Waals surface area contributed by atoms with Gasteiger partial charge in [-0.2, -0.15) is 0 Å². The summed E-state index contributed by atoms with van der Waals surface area (Å²) in [5, 5.41) is 3.40. The van der Waals surface area contributed by atoms with Crippen molar-refractivity contribution >= 4 is 22.6 Å². The summed E-state index contributed by atoms with van der Waals surface area (Å²) in [6.45, 7) is 6.16. The second-order valence-electron chi connectivity index (χ2n) is 4.52. The maximum absolute atomic E-state index is 5.47. The second-order valence-corrected chi connectivity index (χ2v) is 5.58. The van der Waals surface area contributed by atoms with Gasteiger partial charge in [-0.25, -0.2) is 0 Å². The van der Waals surface area contributed by atoms with Gasteiger partial charge in [0.15, 0.2) is 3.77 Å². The molecule has 15 heavy (non-hydrogen) atoms. The highest BCUT2D eigenvalue weighted by Crippen LogP contribution is 2.11. The molecule has 4 heteroatoms. The van der Waals surface area contributed by atoms with E-state index >= 15 is 0 Å². The summed E-state index contributed by atoms with van der Waals surface area (Å²) in [5.41, 5.74) is 0.166.